The summed E-state index contributed by atoms with van der Waals surface area (Å²) in [7, 11) is 0. The van der Waals surface area contributed by atoms with E-state index in [0.717, 1.165) is 54.9 Å². The second kappa shape index (κ2) is 6.84. The van der Waals surface area contributed by atoms with Crippen molar-refractivity contribution in [1.29, 1.82) is 0 Å². The number of piperazine rings is 1. The average Bonchev–Trinajstić information content (AvgIpc) is 2.62. The first-order chi connectivity index (χ1) is 12.6. The minimum absolute atomic E-state index is 0.300. The summed E-state index contributed by atoms with van der Waals surface area (Å²) in [5, 5.41) is 11.0. The Morgan fingerprint density at radius 3 is 2.58 bits per heavy atom. The number of anilines is 1. The predicted octanol–water partition coefficient (Wildman–Crippen LogP) is 3.13. The highest BCUT2D eigenvalue weighted by Gasteiger charge is 2.20. The van der Waals surface area contributed by atoms with Gasteiger partial charge in [-0.3, -0.25) is 4.90 Å². The molecule has 5 nitrogen and oxygen atoms in total. The molecule has 1 aromatic heterocycles. The van der Waals surface area contributed by atoms with E-state index >= 15 is 0 Å². The van der Waals surface area contributed by atoms with Crippen molar-refractivity contribution in [2.24, 2.45) is 0 Å². The van der Waals surface area contributed by atoms with Crippen LogP contribution in [0.15, 0.2) is 57.7 Å². The van der Waals surface area contributed by atoms with Crippen molar-refractivity contribution in [1.82, 2.24) is 4.90 Å². The summed E-state index contributed by atoms with van der Waals surface area (Å²) in [6, 6.07) is 15.0. The number of hydrogen-bond donors (Lipinski definition) is 1. The molecule has 2 heterocycles. The molecule has 1 aliphatic heterocycles. The van der Waals surface area contributed by atoms with E-state index in [9.17, 15) is 9.90 Å². The fourth-order valence-electron chi connectivity index (χ4n) is 3.59. The molecule has 0 bridgehead atoms. The number of aromatic hydroxyl groups is 1. The van der Waals surface area contributed by atoms with Gasteiger partial charge in [0.25, 0.3) is 0 Å². The molecule has 26 heavy (non-hydrogen) atoms. The van der Waals surface area contributed by atoms with E-state index in [0.29, 0.717) is 11.3 Å². The summed E-state index contributed by atoms with van der Waals surface area (Å²) in [6.45, 7) is 6.15. The molecule has 0 unspecified atom stereocenters. The van der Waals surface area contributed by atoms with Gasteiger partial charge in [0.15, 0.2) is 0 Å². The summed E-state index contributed by atoms with van der Waals surface area (Å²) in [6.07, 6.45) is 0. The molecular weight excluding hydrogens is 328 g/mol. The lowest BCUT2D eigenvalue weighted by Crippen LogP contribution is -2.46. The SMILES string of the molecule is Cc1ccc2c(CN3CCN(c4ccccc4O)CC3)cc(=O)oc2c1. The Morgan fingerprint density at radius 2 is 1.81 bits per heavy atom. The minimum atomic E-state index is -0.300. The van der Waals surface area contributed by atoms with Crippen LogP contribution in [0.2, 0.25) is 0 Å². The van der Waals surface area contributed by atoms with E-state index in [2.05, 4.69) is 9.80 Å². The summed E-state index contributed by atoms with van der Waals surface area (Å²) < 4.78 is 5.35. The summed E-state index contributed by atoms with van der Waals surface area (Å²) in [4.78, 5) is 16.4. The van der Waals surface area contributed by atoms with Gasteiger partial charge in [-0.05, 0) is 36.2 Å². The molecule has 0 spiro atoms. The van der Waals surface area contributed by atoms with E-state index in [1.807, 2.05) is 43.3 Å². The third-order valence-electron chi connectivity index (χ3n) is 4.97. The molecule has 5 heteroatoms. The number of para-hydroxylation sites is 2. The Morgan fingerprint density at radius 1 is 1.04 bits per heavy atom. The third kappa shape index (κ3) is 3.30. The highest BCUT2D eigenvalue weighted by atomic mass is 16.4. The van der Waals surface area contributed by atoms with Crippen molar-refractivity contribution in [2.45, 2.75) is 13.5 Å². The van der Waals surface area contributed by atoms with Crippen molar-refractivity contribution in [3.05, 3.63) is 70.1 Å². The smallest absolute Gasteiger partial charge is 0.336 e. The van der Waals surface area contributed by atoms with Gasteiger partial charge in [-0.15, -0.1) is 0 Å². The molecule has 1 aliphatic rings. The minimum Gasteiger partial charge on any atom is -0.506 e. The molecule has 1 fully saturated rings. The first-order valence-corrected chi connectivity index (χ1v) is 8.89. The molecule has 4 rings (SSSR count). The van der Waals surface area contributed by atoms with Gasteiger partial charge >= 0.3 is 5.63 Å². The van der Waals surface area contributed by atoms with Gasteiger partial charge in [-0.25, -0.2) is 4.79 Å². The van der Waals surface area contributed by atoms with Crippen LogP contribution >= 0.6 is 0 Å². The third-order valence-corrected chi connectivity index (χ3v) is 4.97. The fourth-order valence-corrected chi connectivity index (χ4v) is 3.59. The van der Waals surface area contributed by atoms with Crippen LogP contribution in [0.25, 0.3) is 11.0 Å². The van der Waals surface area contributed by atoms with Gasteiger partial charge in [0.1, 0.15) is 11.3 Å². The van der Waals surface area contributed by atoms with Gasteiger partial charge in [-0.1, -0.05) is 24.3 Å². The molecule has 0 radical (unpaired) electrons. The van der Waals surface area contributed by atoms with E-state index in [4.69, 9.17) is 4.42 Å². The largest absolute Gasteiger partial charge is 0.506 e. The van der Waals surface area contributed by atoms with Gasteiger partial charge in [-0.2, -0.15) is 0 Å². The number of aryl methyl sites for hydroxylation is 1. The molecule has 134 valence electrons. The molecule has 0 atom stereocenters. The molecular formula is C21H22N2O3. The molecule has 0 amide bonds. The maximum absolute atomic E-state index is 11.9. The van der Waals surface area contributed by atoms with E-state index in [1.54, 1.807) is 12.1 Å². The van der Waals surface area contributed by atoms with Crippen LogP contribution in [-0.4, -0.2) is 36.2 Å². The molecule has 2 aromatic carbocycles. The van der Waals surface area contributed by atoms with E-state index in [-0.39, 0.29) is 5.63 Å². The average molecular weight is 350 g/mol. The Labute approximate surface area is 152 Å². The van der Waals surface area contributed by atoms with Crippen LogP contribution in [0.4, 0.5) is 5.69 Å². The second-order valence-corrected chi connectivity index (χ2v) is 6.84. The Kier molecular flexibility index (Phi) is 4.39. The van der Waals surface area contributed by atoms with Crippen LogP contribution in [0.1, 0.15) is 11.1 Å². The lowest BCUT2D eigenvalue weighted by molar-refractivity contribution is 0.249. The first kappa shape index (κ1) is 16.7. The van der Waals surface area contributed by atoms with Crippen molar-refractivity contribution in [3.8, 4) is 5.75 Å². The molecule has 3 aromatic rings. The zero-order chi connectivity index (χ0) is 18.1. The summed E-state index contributed by atoms with van der Waals surface area (Å²) in [5.74, 6) is 0.322. The maximum atomic E-state index is 11.9. The van der Waals surface area contributed by atoms with E-state index < -0.39 is 0 Å². The molecule has 0 saturated carbocycles. The predicted molar refractivity (Wildman–Crippen MR) is 103 cm³/mol. The lowest BCUT2D eigenvalue weighted by atomic mass is 10.1. The highest BCUT2D eigenvalue weighted by Crippen LogP contribution is 2.27. The number of nitrogens with zero attached hydrogens (tertiary/aromatic N) is 2. The summed E-state index contributed by atoms with van der Waals surface area (Å²) in [5.41, 5.74) is 3.32. The lowest BCUT2D eigenvalue weighted by Gasteiger charge is -2.36. The number of benzene rings is 2. The van der Waals surface area contributed by atoms with Crippen molar-refractivity contribution in [2.75, 3.05) is 31.1 Å². The number of rotatable bonds is 3. The van der Waals surface area contributed by atoms with Gasteiger partial charge < -0.3 is 14.4 Å². The standard InChI is InChI=1S/C21H22N2O3/c1-15-6-7-17-16(13-21(25)26-20(17)12-15)14-22-8-10-23(11-9-22)18-4-2-3-5-19(18)24/h2-7,12-13,24H,8-11,14H2,1H3. The zero-order valence-electron chi connectivity index (χ0n) is 14.8. The quantitative estimate of drug-likeness (QED) is 0.736. The Hall–Kier alpha value is -2.79. The van der Waals surface area contributed by atoms with Crippen LogP contribution < -0.4 is 10.5 Å². The highest BCUT2D eigenvalue weighted by molar-refractivity contribution is 5.80. The van der Waals surface area contributed by atoms with Crippen LogP contribution in [0.3, 0.4) is 0 Å². The Bertz CT molecular complexity index is 988. The molecule has 1 N–H and O–H groups in total. The van der Waals surface area contributed by atoms with Gasteiger partial charge in [0.05, 0.1) is 5.69 Å². The monoisotopic (exact) mass is 350 g/mol. The van der Waals surface area contributed by atoms with Crippen LogP contribution in [0, 0.1) is 6.92 Å². The van der Waals surface area contributed by atoms with Crippen LogP contribution in [0.5, 0.6) is 5.75 Å². The van der Waals surface area contributed by atoms with Crippen LogP contribution in [-0.2, 0) is 6.54 Å². The number of hydrogen-bond acceptors (Lipinski definition) is 5. The van der Waals surface area contributed by atoms with E-state index in [1.165, 1.54) is 0 Å². The molecule has 0 aliphatic carbocycles. The second-order valence-electron chi connectivity index (χ2n) is 6.84. The fraction of sp³-hybridized carbons (Fsp3) is 0.286. The zero-order valence-corrected chi connectivity index (χ0v) is 14.8. The maximum Gasteiger partial charge on any atom is 0.336 e. The van der Waals surface area contributed by atoms with Crippen molar-refractivity contribution in [3.63, 3.8) is 0 Å². The normalized spacial score (nSPS) is 15.5. The van der Waals surface area contributed by atoms with Crippen molar-refractivity contribution >= 4 is 16.7 Å². The number of fused-ring (bicyclic) bond motifs is 1. The van der Waals surface area contributed by atoms with Crippen molar-refractivity contribution < 1.29 is 9.52 Å². The first-order valence-electron chi connectivity index (χ1n) is 8.89. The molecule has 1 saturated heterocycles. The topological polar surface area (TPSA) is 56.9 Å². The number of phenols is 1. The summed E-state index contributed by atoms with van der Waals surface area (Å²) >= 11 is 0. The Balaban J connectivity index is 1.51. The number of phenolic OH excluding ortho intramolecular Hbond substituents is 1. The van der Waals surface area contributed by atoms with Gasteiger partial charge in [0.2, 0.25) is 0 Å². The van der Waals surface area contributed by atoms with Gasteiger partial charge in [0, 0.05) is 44.2 Å².